The van der Waals surface area contributed by atoms with Crippen LogP contribution < -0.4 is 5.32 Å². The molecule has 0 bridgehead atoms. The van der Waals surface area contributed by atoms with Gasteiger partial charge in [0.1, 0.15) is 6.04 Å². The van der Waals surface area contributed by atoms with Gasteiger partial charge in [0.05, 0.1) is 6.07 Å². The summed E-state index contributed by atoms with van der Waals surface area (Å²) < 4.78 is 1.02. The Morgan fingerprint density at radius 3 is 2.88 bits per heavy atom. The Labute approximate surface area is 105 Å². The molecule has 0 heterocycles. The van der Waals surface area contributed by atoms with Crippen molar-refractivity contribution in [2.45, 2.75) is 25.8 Å². The average Bonchev–Trinajstić information content (AvgIpc) is 3.05. The van der Waals surface area contributed by atoms with Crippen LogP contribution in [0, 0.1) is 24.2 Å². The highest BCUT2D eigenvalue weighted by Gasteiger charge is 2.23. The Kier molecular flexibility index (Phi) is 3.63. The minimum Gasteiger partial charge on any atom is -0.298 e. The smallest absolute Gasteiger partial charge is 0.122 e. The molecule has 0 saturated heterocycles. The fourth-order valence-corrected chi connectivity index (χ4v) is 2.42. The summed E-state index contributed by atoms with van der Waals surface area (Å²) in [6.07, 6.45) is 2.61. The molecule has 1 saturated carbocycles. The van der Waals surface area contributed by atoms with Gasteiger partial charge in [-0.1, -0.05) is 28.1 Å². The first-order chi connectivity index (χ1) is 7.70. The molecule has 0 amide bonds. The van der Waals surface area contributed by atoms with E-state index in [1.165, 1.54) is 18.4 Å². The number of benzene rings is 1. The summed E-state index contributed by atoms with van der Waals surface area (Å²) in [4.78, 5) is 0. The Hall–Kier alpha value is -0.850. The van der Waals surface area contributed by atoms with E-state index in [1.54, 1.807) is 0 Å². The molecule has 2 nitrogen and oxygen atoms in total. The second-order valence-corrected chi connectivity index (χ2v) is 5.29. The standard InChI is InChI=1S/C13H15BrN2/c1-9-2-5-11(12(14)6-9)13(7-15)16-8-10-3-4-10/h2,5-6,10,13,16H,3-4,8H2,1H3. The number of aryl methyl sites for hydroxylation is 1. The lowest BCUT2D eigenvalue weighted by Crippen LogP contribution is -2.22. The van der Waals surface area contributed by atoms with Crippen LogP contribution in [0.4, 0.5) is 0 Å². The molecule has 1 atom stereocenters. The van der Waals surface area contributed by atoms with Crippen LogP contribution in [0.15, 0.2) is 22.7 Å². The lowest BCUT2D eigenvalue weighted by Gasteiger charge is -2.13. The van der Waals surface area contributed by atoms with Crippen LogP contribution in [0.5, 0.6) is 0 Å². The highest BCUT2D eigenvalue weighted by molar-refractivity contribution is 9.10. The van der Waals surface area contributed by atoms with Crippen molar-refractivity contribution >= 4 is 15.9 Å². The van der Waals surface area contributed by atoms with E-state index in [4.69, 9.17) is 0 Å². The molecule has 84 valence electrons. The molecule has 1 aliphatic carbocycles. The second kappa shape index (κ2) is 4.99. The second-order valence-electron chi connectivity index (χ2n) is 4.44. The summed E-state index contributed by atoms with van der Waals surface area (Å²) in [6.45, 7) is 3.01. The van der Waals surface area contributed by atoms with Crippen molar-refractivity contribution in [3.63, 3.8) is 0 Å². The molecule has 16 heavy (non-hydrogen) atoms. The maximum absolute atomic E-state index is 9.17. The first-order valence-electron chi connectivity index (χ1n) is 5.59. The van der Waals surface area contributed by atoms with Crippen LogP contribution in [-0.4, -0.2) is 6.54 Å². The molecule has 1 unspecified atom stereocenters. The molecular formula is C13H15BrN2. The summed E-state index contributed by atoms with van der Waals surface area (Å²) in [7, 11) is 0. The third-order valence-corrected chi connectivity index (χ3v) is 3.59. The van der Waals surface area contributed by atoms with Gasteiger partial charge in [-0.3, -0.25) is 5.32 Å². The van der Waals surface area contributed by atoms with E-state index in [2.05, 4.69) is 33.4 Å². The molecule has 0 spiro atoms. The quantitative estimate of drug-likeness (QED) is 0.917. The summed E-state index contributed by atoms with van der Waals surface area (Å²) in [5.41, 5.74) is 2.24. The van der Waals surface area contributed by atoms with Gasteiger partial charge in [0, 0.05) is 4.47 Å². The normalized spacial score (nSPS) is 16.8. The van der Waals surface area contributed by atoms with Crippen LogP contribution in [0.3, 0.4) is 0 Å². The predicted molar refractivity (Wildman–Crippen MR) is 68.0 cm³/mol. The average molecular weight is 279 g/mol. The van der Waals surface area contributed by atoms with Crippen molar-refractivity contribution in [2.24, 2.45) is 5.92 Å². The first kappa shape index (κ1) is 11.6. The van der Waals surface area contributed by atoms with Crippen LogP contribution in [0.2, 0.25) is 0 Å². The Balaban J connectivity index is 2.09. The predicted octanol–water partition coefficient (Wildman–Crippen LogP) is 3.32. The largest absolute Gasteiger partial charge is 0.298 e. The fraction of sp³-hybridized carbons (Fsp3) is 0.462. The third-order valence-electron chi connectivity index (χ3n) is 2.90. The van der Waals surface area contributed by atoms with Gasteiger partial charge in [0.15, 0.2) is 0 Å². The zero-order valence-electron chi connectivity index (χ0n) is 9.33. The summed E-state index contributed by atoms with van der Waals surface area (Å²) in [6, 6.07) is 8.24. The number of rotatable bonds is 4. The third kappa shape index (κ3) is 2.84. The lowest BCUT2D eigenvalue weighted by molar-refractivity contribution is 0.591. The van der Waals surface area contributed by atoms with E-state index in [0.717, 1.165) is 22.5 Å². The van der Waals surface area contributed by atoms with Gasteiger partial charge in [-0.2, -0.15) is 5.26 Å². The molecule has 2 rings (SSSR count). The topological polar surface area (TPSA) is 35.8 Å². The van der Waals surface area contributed by atoms with Gasteiger partial charge in [-0.05, 0) is 49.4 Å². The Morgan fingerprint density at radius 2 is 2.31 bits per heavy atom. The molecule has 1 aromatic carbocycles. The van der Waals surface area contributed by atoms with E-state index in [-0.39, 0.29) is 6.04 Å². The van der Waals surface area contributed by atoms with E-state index in [1.807, 2.05) is 19.1 Å². The molecular weight excluding hydrogens is 264 g/mol. The van der Waals surface area contributed by atoms with Crippen molar-refractivity contribution < 1.29 is 0 Å². The molecule has 1 fully saturated rings. The zero-order valence-corrected chi connectivity index (χ0v) is 10.9. The lowest BCUT2D eigenvalue weighted by atomic mass is 10.1. The SMILES string of the molecule is Cc1ccc(C(C#N)NCC2CC2)c(Br)c1. The molecule has 1 aromatic rings. The van der Waals surface area contributed by atoms with Gasteiger partial charge in [-0.15, -0.1) is 0 Å². The Bertz CT molecular complexity index is 418. The van der Waals surface area contributed by atoms with Gasteiger partial charge < -0.3 is 0 Å². The first-order valence-corrected chi connectivity index (χ1v) is 6.39. The molecule has 0 radical (unpaired) electrons. The summed E-state index contributed by atoms with van der Waals surface area (Å²) in [5.74, 6) is 0.792. The van der Waals surface area contributed by atoms with Gasteiger partial charge in [-0.25, -0.2) is 0 Å². The number of nitrogens with one attached hydrogen (secondary N) is 1. The number of halogens is 1. The van der Waals surface area contributed by atoms with Gasteiger partial charge in [0.2, 0.25) is 0 Å². The van der Waals surface area contributed by atoms with Crippen molar-refractivity contribution in [1.29, 1.82) is 5.26 Å². The molecule has 0 aliphatic heterocycles. The van der Waals surface area contributed by atoms with Gasteiger partial charge >= 0.3 is 0 Å². The zero-order chi connectivity index (χ0) is 11.5. The number of nitrogens with zero attached hydrogens (tertiary/aromatic N) is 1. The molecule has 3 heteroatoms. The maximum atomic E-state index is 9.17. The van der Waals surface area contributed by atoms with Crippen LogP contribution >= 0.6 is 15.9 Å². The summed E-state index contributed by atoms with van der Waals surface area (Å²) in [5, 5.41) is 12.5. The van der Waals surface area contributed by atoms with E-state index in [0.29, 0.717) is 0 Å². The van der Waals surface area contributed by atoms with E-state index in [9.17, 15) is 5.26 Å². The van der Waals surface area contributed by atoms with E-state index >= 15 is 0 Å². The van der Waals surface area contributed by atoms with Crippen LogP contribution in [-0.2, 0) is 0 Å². The minimum absolute atomic E-state index is 0.199. The van der Waals surface area contributed by atoms with Crippen molar-refractivity contribution in [2.75, 3.05) is 6.54 Å². The number of hydrogen-bond donors (Lipinski definition) is 1. The Morgan fingerprint density at radius 1 is 1.56 bits per heavy atom. The number of nitriles is 1. The highest BCUT2D eigenvalue weighted by atomic mass is 79.9. The highest BCUT2D eigenvalue weighted by Crippen LogP contribution is 2.29. The molecule has 0 aromatic heterocycles. The molecule has 1 aliphatic rings. The van der Waals surface area contributed by atoms with E-state index < -0.39 is 0 Å². The summed E-state index contributed by atoms with van der Waals surface area (Å²) >= 11 is 3.52. The van der Waals surface area contributed by atoms with Crippen molar-refractivity contribution in [3.05, 3.63) is 33.8 Å². The number of hydrogen-bond acceptors (Lipinski definition) is 2. The minimum atomic E-state index is -0.199. The van der Waals surface area contributed by atoms with Gasteiger partial charge in [0.25, 0.3) is 0 Å². The molecule has 1 N–H and O–H groups in total. The maximum Gasteiger partial charge on any atom is 0.122 e. The fourth-order valence-electron chi connectivity index (χ4n) is 1.70. The van der Waals surface area contributed by atoms with Crippen LogP contribution in [0.1, 0.15) is 30.0 Å². The van der Waals surface area contributed by atoms with Crippen LogP contribution in [0.25, 0.3) is 0 Å². The monoisotopic (exact) mass is 278 g/mol. The van der Waals surface area contributed by atoms with Crippen molar-refractivity contribution in [1.82, 2.24) is 5.32 Å². The van der Waals surface area contributed by atoms with Crippen molar-refractivity contribution in [3.8, 4) is 6.07 Å².